The van der Waals surface area contributed by atoms with Gasteiger partial charge in [-0.25, -0.2) is 8.78 Å². The summed E-state index contributed by atoms with van der Waals surface area (Å²) in [6.45, 7) is 3.22. The number of nitrogens with zero attached hydrogens (tertiary/aromatic N) is 3. The number of hydrogen-bond donors (Lipinski definition) is 0. The van der Waals surface area contributed by atoms with Gasteiger partial charge in [0.1, 0.15) is 6.17 Å². The van der Waals surface area contributed by atoms with E-state index in [2.05, 4.69) is 0 Å². The zero-order valence-electron chi connectivity index (χ0n) is 20.9. The highest BCUT2D eigenvalue weighted by Crippen LogP contribution is 2.45. The molecule has 3 aliphatic heterocycles. The van der Waals surface area contributed by atoms with Gasteiger partial charge in [0, 0.05) is 35.0 Å². The lowest BCUT2D eigenvalue weighted by molar-refractivity contribution is -0.0198. The summed E-state index contributed by atoms with van der Waals surface area (Å²) in [5.74, 6) is -1.84. The molecule has 6 rings (SSSR count). The Morgan fingerprint density at radius 3 is 2.79 bits per heavy atom. The van der Waals surface area contributed by atoms with Gasteiger partial charge in [0.2, 0.25) is 5.43 Å². The minimum atomic E-state index is -0.902. The molecule has 2 aromatic carbocycles. The molecule has 0 radical (unpaired) electrons. The predicted octanol–water partition coefficient (Wildman–Crippen LogP) is 4.45. The van der Waals surface area contributed by atoms with Crippen LogP contribution >= 0.6 is 11.8 Å². The standard InChI is InChI=1S/C28H27F2N3O4S/c1-2-3-13-37-27-21(34)10-11-32-26(27)28(35)31-12-14-36-15-23(31)33(32)25-17-8-9-20(29)24(30)19(17)16-38-22-7-5-4-6-18(22)25/h4-11,23,25H,2-3,12-16H2,1H3. The van der Waals surface area contributed by atoms with Crippen molar-refractivity contribution in [3.8, 4) is 5.75 Å². The third-order valence-corrected chi connectivity index (χ3v) is 8.39. The van der Waals surface area contributed by atoms with E-state index < -0.39 is 23.8 Å². The van der Waals surface area contributed by atoms with Gasteiger partial charge in [0.25, 0.3) is 5.91 Å². The van der Waals surface area contributed by atoms with Crippen molar-refractivity contribution >= 4 is 17.7 Å². The number of rotatable bonds is 5. The van der Waals surface area contributed by atoms with E-state index in [9.17, 15) is 14.0 Å². The lowest BCUT2D eigenvalue weighted by Crippen LogP contribution is -2.66. The Labute approximate surface area is 222 Å². The number of carbonyl (C=O) groups excluding carboxylic acids is 1. The topological polar surface area (TPSA) is 64.0 Å². The first-order chi connectivity index (χ1) is 18.5. The number of ether oxygens (including phenoxy) is 2. The summed E-state index contributed by atoms with van der Waals surface area (Å²) in [5, 5.41) is 1.95. The first-order valence-electron chi connectivity index (χ1n) is 12.8. The quantitative estimate of drug-likeness (QED) is 0.447. The summed E-state index contributed by atoms with van der Waals surface area (Å²) < 4.78 is 43.0. The molecule has 0 aliphatic carbocycles. The Kier molecular flexibility index (Phi) is 6.61. The number of amides is 1. The Balaban J connectivity index is 1.62. The molecule has 1 aromatic heterocycles. The monoisotopic (exact) mass is 539 g/mol. The molecule has 4 heterocycles. The van der Waals surface area contributed by atoms with Crippen LogP contribution in [-0.2, 0) is 10.5 Å². The number of unbranched alkanes of at least 4 members (excludes halogenated alkanes) is 1. The van der Waals surface area contributed by atoms with Crippen molar-refractivity contribution in [3.63, 3.8) is 0 Å². The number of pyridine rings is 1. The molecule has 0 bridgehead atoms. The average Bonchev–Trinajstić information content (AvgIpc) is 3.10. The van der Waals surface area contributed by atoms with Crippen molar-refractivity contribution in [1.29, 1.82) is 0 Å². The van der Waals surface area contributed by atoms with Gasteiger partial charge in [-0.15, -0.1) is 11.8 Å². The van der Waals surface area contributed by atoms with E-state index in [-0.39, 0.29) is 40.7 Å². The smallest absolute Gasteiger partial charge is 0.278 e. The van der Waals surface area contributed by atoms with Crippen molar-refractivity contribution in [2.75, 3.05) is 31.4 Å². The number of morpholine rings is 1. The fourth-order valence-electron chi connectivity index (χ4n) is 5.43. The number of halogens is 2. The first-order valence-corrected chi connectivity index (χ1v) is 13.7. The summed E-state index contributed by atoms with van der Waals surface area (Å²) in [5.41, 5.74) is 1.51. The number of benzene rings is 2. The molecule has 0 N–H and O–H groups in total. The van der Waals surface area contributed by atoms with E-state index in [1.807, 2.05) is 36.2 Å². The molecule has 10 heteroatoms. The van der Waals surface area contributed by atoms with Gasteiger partial charge in [0.15, 0.2) is 23.1 Å². The summed E-state index contributed by atoms with van der Waals surface area (Å²) in [6, 6.07) is 11.3. The molecule has 1 fully saturated rings. The van der Waals surface area contributed by atoms with E-state index in [1.54, 1.807) is 21.8 Å². The van der Waals surface area contributed by atoms with Crippen molar-refractivity contribution in [2.24, 2.45) is 0 Å². The Bertz CT molecular complexity index is 1460. The van der Waals surface area contributed by atoms with E-state index >= 15 is 4.39 Å². The zero-order chi connectivity index (χ0) is 26.4. The third kappa shape index (κ3) is 3.97. The molecule has 7 nitrogen and oxygen atoms in total. The number of aromatic nitrogens is 1. The summed E-state index contributed by atoms with van der Waals surface area (Å²) in [7, 11) is 0. The lowest BCUT2D eigenvalue weighted by atomic mass is 9.93. The maximum atomic E-state index is 15.2. The minimum Gasteiger partial charge on any atom is -0.487 e. The fraction of sp³-hybridized carbons (Fsp3) is 0.357. The summed E-state index contributed by atoms with van der Waals surface area (Å²) >= 11 is 1.44. The highest BCUT2D eigenvalue weighted by atomic mass is 32.2. The van der Waals surface area contributed by atoms with Gasteiger partial charge in [-0.2, -0.15) is 0 Å². The molecule has 0 saturated carbocycles. The fourth-order valence-corrected chi connectivity index (χ4v) is 6.54. The minimum absolute atomic E-state index is 0.00249. The molecule has 2 unspecified atom stereocenters. The van der Waals surface area contributed by atoms with Crippen LogP contribution in [0.25, 0.3) is 0 Å². The lowest BCUT2D eigenvalue weighted by Gasteiger charge is -2.51. The summed E-state index contributed by atoms with van der Waals surface area (Å²) in [4.78, 5) is 29.4. The van der Waals surface area contributed by atoms with Crippen LogP contribution in [0.2, 0.25) is 0 Å². The van der Waals surface area contributed by atoms with Gasteiger partial charge < -0.3 is 14.4 Å². The molecule has 3 aromatic rings. The van der Waals surface area contributed by atoms with Crippen LogP contribution in [0.1, 0.15) is 53.0 Å². The predicted molar refractivity (Wildman–Crippen MR) is 139 cm³/mol. The van der Waals surface area contributed by atoms with Crippen LogP contribution in [-0.4, -0.2) is 48.0 Å². The zero-order valence-corrected chi connectivity index (χ0v) is 21.7. The molecule has 1 amide bonds. The number of thioether (sulfide) groups is 1. The van der Waals surface area contributed by atoms with Crippen molar-refractivity contribution in [3.05, 3.63) is 92.9 Å². The van der Waals surface area contributed by atoms with Gasteiger partial charge >= 0.3 is 0 Å². The van der Waals surface area contributed by atoms with Gasteiger partial charge in [-0.3, -0.25) is 19.3 Å². The van der Waals surface area contributed by atoms with Crippen LogP contribution in [0.5, 0.6) is 5.75 Å². The van der Waals surface area contributed by atoms with Crippen molar-refractivity contribution < 1.29 is 23.0 Å². The van der Waals surface area contributed by atoms with Crippen molar-refractivity contribution in [1.82, 2.24) is 9.58 Å². The SMILES string of the molecule is CCCCOc1c2n(ccc1=O)N(C1c3ccccc3SCc3c1ccc(F)c3F)C1COCCN1C2=O. The number of hydrogen-bond acceptors (Lipinski definition) is 6. The van der Waals surface area contributed by atoms with E-state index in [0.717, 1.165) is 29.4 Å². The van der Waals surface area contributed by atoms with Gasteiger partial charge in [0.05, 0.1) is 25.9 Å². The van der Waals surface area contributed by atoms with Crippen molar-refractivity contribution in [2.45, 2.75) is 42.6 Å². The molecule has 198 valence electrons. The molecule has 2 atom stereocenters. The molecule has 38 heavy (non-hydrogen) atoms. The Hall–Kier alpha value is -3.37. The van der Waals surface area contributed by atoms with Crippen LogP contribution < -0.4 is 15.2 Å². The highest BCUT2D eigenvalue weighted by molar-refractivity contribution is 7.98. The Morgan fingerprint density at radius 2 is 1.95 bits per heavy atom. The second-order valence-corrected chi connectivity index (χ2v) is 10.5. The second-order valence-electron chi connectivity index (χ2n) is 9.50. The maximum absolute atomic E-state index is 15.2. The maximum Gasteiger partial charge on any atom is 0.278 e. The number of carbonyl (C=O) groups is 1. The first kappa shape index (κ1) is 24.9. The van der Waals surface area contributed by atoms with E-state index in [4.69, 9.17) is 9.47 Å². The largest absolute Gasteiger partial charge is 0.487 e. The number of fused-ring (bicyclic) bond motifs is 4. The van der Waals surface area contributed by atoms with Gasteiger partial charge in [-0.1, -0.05) is 37.6 Å². The van der Waals surface area contributed by atoms with Gasteiger partial charge in [-0.05, 0) is 29.7 Å². The van der Waals surface area contributed by atoms with Crippen LogP contribution in [0.15, 0.2) is 58.4 Å². The normalized spacial score (nSPS) is 20.2. The second kappa shape index (κ2) is 10.1. The summed E-state index contributed by atoms with van der Waals surface area (Å²) in [6.07, 6.45) is 2.63. The molecule has 0 spiro atoms. The Morgan fingerprint density at radius 1 is 1.11 bits per heavy atom. The van der Waals surface area contributed by atoms with Crippen LogP contribution in [0.4, 0.5) is 8.78 Å². The van der Waals surface area contributed by atoms with Crippen LogP contribution in [0, 0.1) is 11.6 Å². The van der Waals surface area contributed by atoms with E-state index in [0.29, 0.717) is 25.3 Å². The third-order valence-electron chi connectivity index (χ3n) is 7.28. The van der Waals surface area contributed by atoms with E-state index in [1.165, 1.54) is 17.8 Å². The molecular formula is C28H27F2N3O4S. The molecule has 3 aliphatic rings. The highest BCUT2D eigenvalue weighted by Gasteiger charge is 2.46. The molecule has 1 saturated heterocycles. The molecular weight excluding hydrogens is 512 g/mol. The van der Waals surface area contributed by atoms with Crippen LogP contribution in [0.3, 0.4) is 0 Å². The average molecular weight is 540 g/mol.